The van der Waals surface area contributed by atoms with Crippen molar-refractivity contribution in [1.29, 1.82) is 0 Å². The number of aromatic nitrogens is 2. The molecule has 2 heterocycles. The molecule has 1 amide bonds. The maximum atomic E-state index is 12.3. The number of nitrogens with two attached hydrogens (primary N) is 1. The summed E-state index contributed by atoms with van der Waals surface area (Å²) in [6, 6.07) is 4.93. The van der Waals surface area contributed by atoms with Crippen LogP contribution in [0.1, 0.15) is 23.2 Å². The van der Waals surface area contributed by atoms with Gasteiger partial charge < -0.3 is 42.7 Å². The number of fused-ring (bicyclic) bond motifs is 1. The standard InChI is InChI=1S/C19H23N7O6.H2O/c20-19-25-15-14(17(30)26-19)23-11(8-22-15)7-21-10-3-1-9(2-4-10)16(29)24-12(18(31)32)5-6-13(27)28;/h1-4,11-12,21,23H,5-8H2,(H,24,29)(H,27,28)(H,31,32)(H4,20,22,25,26,30);1H2/t11?,12-;/m0./s1. The van der Waals surface area contributed by atoms with Crippen LogP contribution in [0.25, 0.3) is 0 Å². The van der Waals surface area contributed by atoms with Crippen LogP contribution < -0.4 is 32.6 Å². The van der Waals surface area contributed by atoms with E-state index in [1.807, 2.05) is 0 Å². The van der Waals surface area contributed by atoms with Crippen molar-refractivity contribution in [3.05, 3.63) is 40.2 Å². The second kappa shape index (κ2) is 10.8. The van der Waals surface area contributed by atoms with Gasteiger partial charge in [0, 0.05) is 30.8 Å². The van der Waals surface area contributed by atoms with E-state index in [9.17, 15) is 19.2 Å². The van der Waals surface area contributed by atoms with Crippen molar-refractivity contribution >= 4 is 41.0 Å². The number of aromatic amines is 1. The fourth-order valence-electron chi connectivity index (χ4n) is 3.10. The molecular formula is C19H25N7O7. The molecule has 14 nitrogen and oxygen atoms in total. The average molecular weight is 463 g/mol. The highest BCUT2D eigenvalue weighted by atomic mass is 16.4. The van der Waals surface area contributed by atoms with Gasteiger partial charge in [0.1, 0.15) is 11.7 Å². The third kappa shape index (κ3) is 6.57. The number of nitrogen functional groups attached to an aromatic ring is 1. The maximum absolute atomic E-state index is 12.3. The van der Waals surface area contributed by atoms with Gasteiger partial charge in [-0.3, -0.25) is 19.4 Å². The second-order valence-electron chi connectivity index (χ2n) is 7.15. The number of carbonyl (C=O) groups excluding carboxylic acids is 1. The van der Waals surface area contributed by atoms with Gasteiger partial charge in [-0.1, -0.05) is 0 Å². The van der Waals surface area contributed by atoms with Crippen molar-refractivity contribution in [2.75, 3.05) is 34.8 Å². The highest BCUT2D eigenvalue weighted by Crippen LogP contribution is 2.20. The minimum atomic E-state index is -1.30. The Labute approximate surface area is 186 Å². The van der Waals surface area contributed by atoms with Crippen molar-refractivity contribution in [2.45, 2.75) is 24.9 Å². The predicted octanol–water partition coefficient (Wildman–Crippen LogP) is -1.11. The number of carboxylic acid groups (broad SMARTS) is 2. The lowest BCUT2D eigenvalue weighted by molar-refractivity contribution is -0.140. The lowest BCUT2D eigenvalue weighted by Gasteiger charge is -2.27. The first-order chi connectivity index (χ1) is 15.2. The summed E-state index contributed by atoms with van der Waals surface area (Å²) in [7, 11) is 0. The molecule has 0 radical (unpaired) electrons. The summed E-state index contributed by atoms with van der Waals surface area (Å²) in [5.74, 6) is -2.64. The number of carbonyl (C=O) groups is 3. The molecule has 0 saturated carbocycles. The number of nitrogens with one attached hydrogen (secondary N) is 5. The first-order valence-electron chi connectivity index (χ1n) is 9.72. The van der Waals surface area contributed by atoms with Crippen LogP contribution in [0.15, 0.2) is 29.1 Å². The van der Waals surface area contributed by atoms with Gasteiger partial charge in [-0.15, -0.1) is 0 Å². The molecule has 1 aromatic heterocycles. The molecule has 0 saturated heterocycles. The summed E-state index contributed by atoms with van der Waals surface area (Å²) in [6.45, 7) is 0.960. The third-order valence-electron chi connectivity index (χ3n) is 4.75. The summed E-state index contributed by atoms with van der Waals surface area (Å²) < 4.78 is 0. The number of nitrogens with zero attached hydrogens (tertiary/aromatic N) is 1. The molecule has 1 aliphatic heterocycles. The predicted molar refractivity (Wildman–Crippen MR) is 119 cm³/mol. The van der Waals surface area contributed by atoms with Crippen LogP contribution in [0, 0.1) is 0 Å². The third-order valence-corrected chi connectivity index (χ3v) is 4.75. The highest BCUT2D eigenvalue weighted by Gasteiger charge is 2.23. The molecule has 1 aliphatic rings. The molecule has 1 aromatic carbocycles. The van der Waals surface area contributed by atoms with Gasteiger partial charge in [-0.25, -0.2) is 4.79 Å². The highest BCUT2D eigenvalue weighted by molar-refractivity contribution is 5.96. The van der Waals surface area contributed by atoms with Gasteiger partial charge in [0.25, 0.3) is 11.5 Å². The van der Waals surface area contributed by atoms with Crippen molar-refractivity contribution in [1.82, 2.24) is 15.3 Å². The van der Waals surface area contributed by atoms with E-state index < -0.39 is 23.9 Å². The number of carboxylic acids is 2. The number of aliphatic carboxylic acids is 2. The quantitative estimate of drug-likeness (QED) is 0.222. The number of benzene rings is 1. The Bertz CT molecular complexity index is 1070. The smallest absolute Gasteiger partial charge is 0.326 e. The van der Waals surface area contributed by atoms with E-state index in [4.69, 9.17) is 15.9 Å². The Balaban J connectivity index is 0.00000385. The van der Waals surface area contributed by atoms with E-state index in [0.717, 1.165) is 0 Å². The number of hydrogen-bond donors (Lipinski definition) is 8. The van der Waals surface area contributed by atoms with Gasteiger partial charge in [0.05, 0.1) is 6.04 Å². The molecule has 33 heavy (non-hydrogen) atoms. The number of H-pyrrole nitrogens is 1. The van der Waals surface area contributed by atoms with E-state index in [2.05, 4.69) is 31.2 Å². The minimum absolute atomic E-state index is 0. The summed E-state index contributed by atoms with van der Waals surface area (Å²) in [6.07, 6.45) is -0.587. The molecular weight excluding hydrogens is 438 g/mol. The first kappa shape index (κ1) is 24.9. The Morgan fingerprint density at radius 2 is 1.91 bits per heavy atom. The first-order valence-corrected chi connectivity index (χ1v) is 9.72. The van der Waals surface area contributed by atoms with E-state index in [-0.39, 0.29) is 41.4 Å². The summed E-state index contributed by atoms with van der Waals surface area (Å²) >= 11 is 0. The monoisotopic (exact) mass is 463 g/mol. The van der Waals surface area contributed by atoms with Crippen molar-refractivity contribution < 1.29 is 30.1 Å². The second-order valence-corrected chi connectivity index (χ2v) is 7.15. The van der Waals surface area contributed by atoms with Crippen molar-refractivity contribution in [2.24, 2.45) is 0 Å². The molecule has 0 aliphatic carbocycles. The largest absolute Gasteiger partial charge is 0.481 e. The van der Waals surface area contributed by atoms with E-state index >= 15 is 0 Å². The van der Waals surface area contributed by atoms with Crippen molar-refractivity contribution in [3.63, 3.8) is 0 Å². The Kier molecular flexibility index (Phi) is 8.17. The molecule has 3 rings (SSSR count). The Morgan fingerprint density at radius 1 is 1.21 bits per heavy atom. The van der Waals surface area contributed by atoms with Crippen LogP contribution in [0.2, 0.25) is 0 Å². The fraction of sp³-hybridized carbons (Fsp3) is 0.316. The lowest BCUT2D eigenvalue weighted by Crippen LogP contribution is -2.41. The average Bonchev–Trinajstić information content (AvgIpc) is 2.75. The van der Waals surface area contributed by atoms with E-state index in [0.29, 0.717) is 30.3 Å². The van der Waals surface area contributed by atoms with Crippen LogP contribution in [0.4, 0.5) is 23.1 Å². The van der Waals surface area contributed by atoms with Gasteiger partial charge in [0.15, 0.2) is 5.82 Å². The SMILES string of the molecule is Nc1nc2c(c(=O)[nH]1)NC(CNc1ccc(C(=O)N[C@@H](CCC(=O)O)C(=O)O)cc1)CN2.O. The summed E-state index contributed by atoms with van der Waals surface area (Å²) in [5, 5.41) is 29.5. The van der Waals surface area contributed by atoms with Crippen LogP contribution in [0.3, 0.4) is 0 Å². The number of rotatable bonds is 9. The normalized spacial score (nSPS) is 15.0. The molecule has 2 aromatic rings. The summed E-state index contributed by atoms with van der Waals surface area (Å²) in [4.78, 5) is 52.6. The zero-order valence-electron chi connectivity index (χ0n) is 17.3. The molecule has 0 spiro atoms. The Morgan fingerprint density at radius 3 is 2.55 bits per heavy atom. The number of amides is 1. The molecule has 178 valence electrons. The van der Waals surface area contributed by atoms with Gasteiger partial charge in [-0.05, 0) is 30.7 Å². The number of hydrogen-bond acceptors (Lipinski definition) is 9. The van der Waals surface area contributed by atoms with Crippen LogP contribution >= 0.6 is 0 Å². The number of anilines is 4. The molecule has 11 N–H and O–H groups in total. The molecule has 14 heteroatoms. The van der Waals surface area contributed by atoms with Gasteiger partial charge in [-0.2, -0.15) is 4.98 Å². The topological polar surface area (TPSA) is 243 Å². The van der Waals surface area contributed by atoms with E-state index in [1.54, 1.807) is 12.1 Å². The van der Waals surface area contributed by atoms with Gasteiger partial charge in [0.2, 0.25) is 5.95 Å². The van der Waals surface area contributed by atoms with Crippen molar-refractivity contribution in [3.8, 4) is 0 Å². The van der Waals surface area contributed by atoms with E-state index in [1.165, 1.54) is 12.1 Å². The van der Waals surface area contributed by atoms with Gasteiger partial charge >= 0.3 is 11.9 Å². The molecule has 0 fully saturated rings. The summed E-state index contributed by atoms with van der Waals surface area (Å²) in [5.41, 5.74) is 6.40. The molecule has 1 unspecified atom stereocenters. The lowest BCUT2D eigenvalue weighted by atomic mass is 10.1. The minimum Gasteiger partial charge on any atom is -0.481 e. The Hall–Kier alpha value is -4.33. The van der Waals surface area contributed by atoms with Crippen LogP contribution in [0.5, 0.6) is 0 Å². The van der Waals surface area contributed by atoms with Crippen LogP contribution in [-0.2, 0) is 9.59 Å². The zero-order chi connectivity index (χ0) is 23.3. The molecule has 0 bridgehead atoms. The fourth-order valence-corrected chi connectivity index (χ4v) is 3.10. The van der Waals surface area contributed by atoms with Crippen LogP contribution in [-0.4, -0.2) is 68.7 Å². The molecule has 2 atom stereocenters. The zero-order valence-corrected chi connectivity index (χ0v) is 17.3. The maximum Gasteiger partial charge on any atom is 0.326 e.